The molecule has 2 heterocycles. The molecule has 0 saturated carbocycles. The average Bonchev–Trinajstić information content (AvgIpc) is 3.34. The molecule has 1 N–H and O–H groups in total. The Morgan fingerprint density at radius 1 is 1.33 bits per heavy atom. The van der Waals surface area contributed by atoms with Crippen LogP contribution in [0.5, 0.6) is 0 Å². The minimum atomic E-state index is -0.652. The number of esters is 1. The van der Waals surface area contributed by atoms with E-state index in [1.807, 2.05) is 12.3 Å². The third kappa shape index (κ3) is 4.67. The summed E-state index contributed by atoms with van der Waals surface area (Å²) < 4.78 is 5.15. The lowest BCUT2D eigenvalue weighted by Gasteiger charge is -2.22. The van der Waals surface area contributed by atoms with Gasteiger partial charge >= 0.3 is 5.97 Å². The van der Waals surface area contributed by atoms with E-state index in [9.17, 15) is 14.4 Å². The van der Waals surface area contributed by atoms with Gasteiger partial charge in [0.05, 0.1) is 4.88 Å². The summed E-state index contributed by atoms with van der Waals surface area (Å²) in [6, 6.07) is 8.02. The molecule has 3 rings (SSSR count). The fourth-order valence-corrected chi connectivity index (χ4v) is 3.80. The maximum atomic E-state index is 12.5. The summed E-state index contributed by atoms with van der Waals surface area (Å²) in [7, 11) is 0. The van der Waals surface area contributed by atoms with Crippen LogP contribution >= 0.6 is 22.9 Å². The summed E-state index contributed by atoms with van der Waals surface area (Å²) in [4.78, 5) is 39.1. The zero-order chi connectivity index (χ0) is 19.4. The van der Waals surface area contributed by atoms with Gasteiger partial charge in [0.25, 0.3) is 11.8 Å². The van der Waals surface area contributed by atoms with Crippen molar-refractivity contribution in [3.8, 4) is 0 Å². The Kier molecular flexibility index (Phi) is 6.13. The summed E-state index contributed by atoms with van der Waals surface area (Å²) in [6.07, 6.45) is 1.26. The van der Waals surface area contributed by atoms with Crippen LogP contribution in [0.25, 0.3) is 0 Å². The fourth-order valence-electron chi connectivity index (χ4n) is 2.94. The largest absolute Gasteiger partial charge is 0.454 e. The number of halogens is 1. The van der Waals surface area contributed by atoms with Crippen LogP contribution in [0.2, 0.25) is 5.02 Å². The lowest BCUT2D eigenvalue weighted by Crippen LogP contribution is -2.41. The van der Waals surface area contributed by atoms with E-state index in [0.29, 0.717) is 28.6 Å². The molecule has 0 bridgehead atoms. The normalized spacial score (nSPS) is 16.2. The molecular formula is C19H19ClN2O4S. The van der Waals surface area contributed by atoms with Crippen molar-refractivity contribution >= 4 is 46.4 Å². The van der Waals surface area contributed by atoms with Crippen molar-refractivity contribution in [2.75, 3.05) is 18.5 Å². The molecule has 1 saturated heterocycles. The standard InChI is InChI=1S/C19H19ClN2O4S/c1-12-6-7-13(20)10-14(12)21-17(23)11-26-19(25)15-4-2-8-22(15)18(24)16-5-3-9-27-16/h3,5-7,9-10,15H,2,4,8,11H2,1H3,(H,21,23)/t15-/m0/s1. The van der Waals surface area contributed by atoms with Gasteiger partial charge in [-0.25, -0.2) is 4.79 Å². The topological polar surface area (TPSA) is 75.7 Å². The summed E-state index contributed by atoms with van der Waals surface area (Å²) in [5, 5.41) is 4.99. The number of hydrogen-bond donors (Lipinski definition) is 1. The minimum absolute atomic E-state index is 0.177. The van der Waals surface area contributed by atoms with Crippen LogP contribution in [-0.4, -0.2) is 41.9 Å². The number of carbonyl (C=O) groups is 3. The first-order chi connectivity index (χ1) is 13.0. The van der Waals surface area contributed by atoms with Gasteiger partial charge in [-0.3, -0.25) is 9.59 Å². The zero-order valence-electron chi connectivity index (χ0n) is 14.7. The molecule has 2 amide bonds. The summed E-state index contributed by atoms with van der Waals surface area (Å²) in [5.41, 5.74) is 1.42. The van der Waals surface area contributed by atoms with E-state index in [2.05, 4.69) is 5.32 Å². The highest BCUT2D eigenvalue weighted by atomic mass is 35.5. The molecule has 1 aliphatic heterocycles. The molecule has 2 aromatic rings. The summed E-state index contributed by atoms with van der Waals surface area (Å²) in [6.45, 7) is 1.93. The predicted octanol–water partition coefficient (Wildman–Crippen LogP) is 3.50. The van der Waals surface area contributed by atoms with E-state index in [1.165, 1.54) is 16.2 Å². The van der Waals surface area contributed by atoms with Crippen LogP contribution in [0.1, 0.15) is 28.1 Å². The molecule has 0 aliphatic carbocycles. The van der Waals surface area contributed by atoms with E-state index in [0.717, 1.165) is 12.0 Å². The van der Waals surface area contributed by atoms with Crippen molar-refractivity contribution in [2.24, 2.45) is 0 Å². The van der Waals surface area contributed by atoms with Crippen LogP contribution < -0.4 is 5.32 Å². The molecule has 0 radical (unpaired) electrons. The lowest BCUT2D eigenvalue weighted by molar-refractivity contribution is -0.151. The summed E-state index contributed by atoms with van der Waals surface area (Å²) >= 11 is 7.26. The molecule has 1 aromatic carbocycles. The molecule has 1 aromatic heterocycles. The van der Waals surface area contributed by atoms with Crippen LogP contribution in [-0.2, 0) is 14.3 Å². The second-order valence-electron chi connectivity index (χ2n) is 6.25. The molecular weight excluding hydrogens is 388 g/mol. The third-order valence-corrected chi connectivity index (χ3v) is 5.43. The van der Waals surface area contributed by atoms with Crippen LogP contribution in [0, 0.1) is 6.92 Å². The Morgan fingerprint density at radius 3 is 2.89 bits per heavy atom. The third-order valence-electron chi connectivity index (χ3n) is 4.34. The molecule has 27 heavy (non-hydrogen) atoms. The highest BCUT2D eigenvalue weighted by molar-refractivity contribution is 7.12. The molecule has 0 unspecified atom stereocenters. The van der Waals surface area contributed by atoms with Crippen molar-refractivity contribution in [1.29, 1.82) is 0 Å². The number of thiophene rings is 1. The van der Waals surface area contributed by atoms with Gasteiger partial charge < -0.3 is 15.0 Å². The van der Waals surface area contributed by atoms with Gasteiger partial charge in [0.15, 0.2) is 6.61 Å². The Labute approximate surface area is 166 Å². The highest BCUT2D eigenvalue weighted by Gasteiger charge is 2.36. The first-order valence-corrected chi connectivity index (χ1v) is 9.78. The van der Waals surface area contributed by atoms with Gasteiger partial charge in [0.1, 0.15) is 6.04 Å². The van der Waals surface area contributed by atoms with Crippen LogP contribution in [0.4, 0.5) is 5.69 Å². The Hall–Kier alpha value is -2.38. The Morgan fingerprint density at radius 2 is 2.15 bits per heavy atom. The molecule has 0 spiro atoms. The van der Waals surface area contributed by atoms with Gasteiger partial charge in [0.2, 0.25) is 0 Å². The van der Waals surface area contributed by atoms with Crippen LogP contribution in [0.15, 0.2) is 35.7 Å². The molecule has 142 valence electrons. The lowest BCUT2D eigenvalue weighted by atomic mass is 10.2. The van der Waals surface area contributed by atoms with E-state index < -0.39 is 24.5 Å². The van der Waals surface area contributed by atoms with E-state index in [1.54, 1.807) is 30.3 Å². The number of likely N-dealkylation sites (tertiary alicyclic amines) is 1. The number of aryl methyl sites for hydroxylation is 1. The van der Waals surface area contributed by atoms with Gasteiger partial charge in [-0.1, -0.05) is 23.7 Å². The molecule has 1 atom stereocenters. The van der Waals surface area contributed by atoms with Gasteiger partial charge in [-0.05, 0) is 48.9 Å². The van der Waals surface area contributed by atoms with Gasteiger partial charge in [-0.2, -0.15) is 0 Å². The van der Waals surface area contributed by atoms with Crippen LogP contribution in [0.3, 0.4) is 0 Å². The number of ether oxygens (including phenoxy) is 1. The first kappa shape index (κ1) is 19.4. The number of benzene rings is 1. The van der Waals surface area contributed by atoms with Gasteiger partial charge in [-0.15, -0.1) is 11.3 Å². The molecule has 6 nitrogen and oxygen atoms in total. The fraction of sp³-hybridized carbons (Fsp3) is 0.316. The number of amides is 2. The minimum Gasteiger partial charge on any atom is -0.454 e. The van der Waals surface area contributed by atoms with E-state index in [4.69, 9.17) is 16.3 Å². The zero-order valence-corrected chi connectivity index (χ0v) is 16.3. The smallest absolute Gasteiger partial charge is 0.329 e. The Balaban J connectivity index is 1.56. The number of rotatable bonds is 5. The molecule has 1 fully saturated rings. The quantitative estimate of drug-likeness (QED) is 0.771. The number of hydrogen-bond acceptors (Lipinski definition) is 5. The number of carbonyl (C=O) groups excluding carboxylic acids is 3. The number of nitrogens with one attached hydrogen (secondary N) is 1. The SMILES string of the molecule is Cc1ccc(Cl)cc1NC(=O)COC(=O)[C@@H]1CCCN1C(=O)c1cccs1. The second kappa shape index (κ2) is 8.54. The number of nitrogens with zero attached hydrogens (tertiary/aromatic N) is 1. The monoisotopic (exact) mass is 406 g/mol. The van der Waals surface area contributed by atoms with Crippen molar-refractivity contribution in [2.45, 2.75) is 25.8 Å². The van der Waals surface area contributed by atoms with Crippen molar-refractivity contribution in [3.05, 3.63) is 51.2 Å². The van der Waals surface area contributed by atoms with E-state index >= 15 is 0 Å². The maximum Gasteiger partial charge on any atom is 0.329 e. The number of anilines is 1. The van der Waals surface area contributed by atoms with Crippen molar-refractivity contribution in [3.63, 3.8) is 0 Å². The van der Waals surface area contributed by atoms with Crippen molar-refractivity contribution in [1.82, 2.24) is 4.90 Å². The molecule has 8 heteroatoms. The van der Waals surface area contributed by atoms with E-state index in [-0.39, 0.29) is 5.91 Å². The first-order valence-electron chi connectivity index (χ1n) is 8.53. The maximum absolute atomic E-state index is 12.5. The molecule has 1 aliphatic rings. The highest BCUT2D eigenvalue weighted by Crippen LogP contribution is 2.23. The predicted molar refractivity (Wildman–Crippen MR) is 104 cm³/mol. The second-order valence-corrected chi connectivity index (χ2v) is 7.63. The van der Waals surface area contributed by atoms with Gasteiger partial charge in [0, 0.05) is 17.3 Å². The summed E-state index contributed by atoms with van der Waals surface area (Å²) in [5.74, 6) is -1.19. The Bertz CT molecular complexity index is 853. The average molecular weight is 407 g/mol. The van der Waals surface area contributed by atoms with Crippen molar-refractivity contribution < 1.29 is 19.1 Å².